The Morgan fingerprint density at radius 2 is 2.40 bits per heavy atom. The highest BCUT2D eigenvalue weighted by atomic mass is 32.1. The minimum absolute atomic E-state index is 0.695. The number of carbonyl (C=O) groups is 1. The lowest BCUT2D eigenvalue weighted by Crippen LogP contribution is -2.42. The second-order valence-electron chi connectivity index (χ2n) is 3.97. The molecular weight excluding hydrogens is 212 g/mol. The summed E-state index contributed by atoms with van der Waals surface area (Å²) in [6.45, 7) is 0. The number of rotatable bonds is 2. The van der Waals surface area contributed by atoms with Crippen LogP contribution in [0.4, 0.5) is 0 Å². The van der Waals surface area contributed by atoms with Crippen LogP contribution in [0.25, 0.3) is 10.2 Å². The highest BCUT2D eigenvalue weighted by Gasteiger charge is 2.48. The second-order valence-corrected chi connectivity index (χ2v) is 4.89. The summed E-state index contributed by atoms with van der Waals surface area (Å²) in [6, 6.07) is 1.91. The molecule has 15 heavy (non-hydrogen) atoms. The molecule has 2 heterocycles. The van der Waals surface area contributed by atoms with Crippen molar-refractivity contribution in [2.45, 2.75) is 24.7 Å². The Morgan fingerprint density at radius 3 is 3.00 bits per heavy atom. The molecule has 2 aromatic heterocycles. The predicted molar refractivity (Wildman–Crippen MR) is 57.1 cm³/mol. The largest absolute Gasteiger partial charge is 0.481 e. The van der Waals surface area contributed by atoms with Crippen molar-refractivity contribution in [3.63, 3.8) is 0 Å². The average Bonchev–Trinajstić information content (AvgIpc) is 2.65. The molecule has 2 aromatic rings. The summed E-state index contributed by atoms with van der Waals surface area (Å²) in [5, 5.41) is 18.3. The third-order valence-electron chi connectivity index (χ3n) is 3.25. The van der Waals surface area contributed by atoms with E-state index in [9.17, 15) is 9.90 Å². The zero-order valence-corrected chi connectivity index (χ0v) is 8.80. The number of aromatic nitrogens is 2. The number of aromatic amines is 1. The summed E-state index contributed by atoms with van der Waals surface area (Å²) in [5.41, 5.74) is 0.980. The number of aliphatic carboxylic acids is 1. The van der Waals surface area contributed by atoms with E-state index in [2.05, 4.69) is 10.2 Å². The van der Waals surface area contributed by atoms with E-state index in [1.165, 1.54) is 0 Å². The lowest BCUT2D eigenvalue weighted by molar-refractivity contribution is -0.147. The summed E-state index contributed by atoms with van der Waals surface area (Å²) >= 11 is 1.56. The van der Waals surface area contributed by atoms with E-state index in [-0.39, 0.29) is 0 Å². The standard InChI is InChI=1S/C10H10N2O2S/c13-9(14)10(3-1-4-10)8-7-6(11-12-8)2-5-15-7/h2,5H,1,3-4H2,(H,11,12)(H,13,14). The lowest BCUT2D eigenvalue weighted by Gasteiger charge is -2.36. The number of hydrogen-bond acceptors (Lipinski definition) is 3. The van der Waals surface area contributed by atoms with E-state index in [0.29, 0.717) is 0 Å². The smallest absolute Gasteiger partial charge is 0.315 e. The number of hydrogen-bond donors (Lipinski definition) is 2. The van der Waals surface area contributed by atoms with Crippen LogP contribution in [0.15, 0.2) is 11.4 Å². The molecule has 0 aliphatic heterocycles. The Hall–Kier alpha value is -1.36. The number of nitrogens with one attached hydrogen (secondary N) is 1. The van der Waals surface area contributed by atoms with Gasteiger partial charge in [-0.15, -0.1) is 11.3 Å². The first-order chi connectivity index (χ1) is 7.24. The zero-order valence-electron chi connectivity index (χ0n) is 7.99. The first kappa shape index (κ1) is 8.91. The van der Waals surface area contributed by atoms with Crippen molar-refractivity contribution in [3.05, 3.63) is 17.1 Å². The minimum atomic E-state index is -0.729. The monoisotopic (exact) mass is 222 g/mol. The van der Waals surface area contributed by atoms with Crippen molar-refractivity contribution in [3.8, 4) is 0 Å². The van der Waals surface area contributed by atoms with Crippen LogP contribution in [0.5, 0.6) is 0 Å². The van der Waals surface area contributed by atoms with Crippen LogP contribution in [0.3, 0.4) is 0 Å². The van der Waals surface area contributed by atoms with Crippen LogP contribution < -0.4 is 0 Å². The zero-order chi connectivity index (χ0) is 10.5. The number of fused-ring (bicyclic) bond motifs is 1. The van der Waals surface area contributed by atoms with Gasteiger partial charge in [0.05, 0.1) is 10.4 Å². The molecular formula is C10H10N2O2S. The Balaban J connectivity index is 2.20. The third kappa shape index (κ3) is 1.01. The number of nitrogens with zero attached hydrogens (tertiary/aromatic N) is 1. The molecule has 0 radical (unpaired) electrons. The van der Waals surface area contributed by atoms with Crippen molar-refractivity contribution < 1.29 is 9.90 Å². The molecule has 2 N–H and O–H groups in total. The van der Waals surface area contributed by atoms with Crippen molar-refractivity contribution >= 4 is 27.5 Å². The molecule has 3 rings (SSSR count). The van der Waals surface area contributed by atoms with E-state index in [0.717, 1.165) is 35.2 Å². The predicted octanol–water partition coefficient (Wildman–Crippen LogP) is 2.13. The van der Waals surface area contributed by atoms with Gasteiger partial charge in [-0.25, -0.2) is 0 Å². The Bertz CT molecular complexity index is 524. The first-order valence-electron chi connectivity index (χ1n) is 4.89. The lowest BCUT2D eigenvalue weighted by atomic mass is 9.66. The normalized spacial score (nSPS) is 18.9. The maximum atomic E-state index is 11.3. The van der Waals surface area contributed by atoms with Gasteiger partial charge in [-0.05, 0) is 24.3 Å². The number of carboxylic acid groups (broad SMARTS) is 1. The molecule has 1 aliphatic rings. The Kier molecular flexibility index (Phi) is 1.68. The fourth-order valence-electron chi connectivity index (χ4n) is 2.17. The van der Waals surface area contributed by atoms with Crippen LogP contribution in [0.2, 0.25) is 0 Å². The minimum Gasteiger partial charge on any atom is -0.481 e. The molecule has 0 aromatic carbocycles. The average molecular weight is 222 g/mol. The molecule has 0 unspecified atom stereocenters. The van der Waals surface area contributed by atoms with E-state index in [4.69, 9.17) is 0 Å². The molecule has 0 spiro atoms. The molecule has 1 saturated carbocycles. The summed E-state index contributed by atoms with van der Waals surface area (Å²) in [5.74, 6) is -0.729. The molecule has 1 fully saturated rings. The van der Waals surface area contributed by atoms with Gasteiger partial charge in [0.2, 0.25) is 0 Å². The van der Waals surface area contributed by atoms with Crippen molar-refractivity contribution in [2.75, 3.05) is 0 Å². The molecule has 0 amide bonds. The van der Waals surface area contributed by atoms with Gasteiger partial charge >= 0.3 is 5.97 Å². The van der Waals surface area contributed by atoms with Crippen LogP contribution in [-0.2, 0) is 10.2 Å². The highest BCUT2D eigenvalue weighted by Crippen LogP contribution is 2.46. The van der Waals surface area contributed by atoms with Gasteiger partial charge in [-0.3, -0.25) is 9.89 Å². The van der Waals surface area contributed by atoms with Gasteiger partial charge in [0.15, 0.2) is 0 Å². The van der Waals surface area contributed by atoms with Crippen molar-refractivity contribution in [1.29, 1.82) is 0 Å². The third-order valence-corrected chi connectivity index (χ3v) is 4.18. The second kappa shape index (κ2) is 2.82. The topological polar surface area (TPSA) is 66.0 Å². The molecule has 0 atom stereocenters. The Morgan fingerprint density at radius 1 is 1.60 bits per heavy atom. The molecule has 1 aliphatic carbocycles. The van der Waals surface area contributed by atoms with Crippen LogP contribution in [0.1, 0.15) is 25.0 Å². The number of thiophene rings is 1. The molecule has 5 heteroatoms. The summed E-state index contributed by atoms with van der Waals surface area (Å²) in [4.78, 5) is 11.3. The SMILES string of the molecule is O=C(O)C1(c2[nH]nc3ccsc23)CCC1. The quantitative estimate of drug-likeness (QED) is 0.818. The summed E-state index contributed by atoms with van der Waals surface area (Å²) in [7, 11) is 0. The van der Waals surface area contributed by atoms with Gasteiger partial charge in [0.25, 0.3) is 0 Å². The van der Waals surface area contributed by atoms with Gasteiger partial charge in [0, 0.05) is 0 Å². The van der Waals surface area contributed by atoms with Crippen LogP contribution in [-0.4, -0.2) is 21.3 Å². The van der Waals surface area contributed by atoms with E-state index in [1.807, 2.05) is 11.4 Å². The highest BCUT2D eigenvalue weighted by molar-refractivity contribution is 7.17. The number of H-pyrrole nitrogens is 1. The van der Waals surface area contributed by atoms with E-state index < -0.39 is 11.4 Å². The first-order valence-corrected chi connectivity index (χ1v) is 5.77. The van der Waals surface area contributed by atoms with Gasteiger partial charge in [0.1, 0.15) is 10.9 Å². The van der Waals surface area contributed by atoms with Gasteiger partial charge in [-0.1, -0.05) is 6.42 Å². The molecule has 78 valence electrons. The fourth-order valence-corrected chi connectivity index (χ4v) is 3.10. The molecule has 0 saturated heterocycles. The Labute approximate surface area is 89.9 Å². The van der Waals surface area contributed by atoms with Crippen LogP contribution in [0, 0.1) is 0 Å². The van der Waals surface area contributed by atoms with Gasteiger partial charge < -0.3 is 5.11 Å². The van der Waals surface area contributed by atoms with Crippen LogP contribution >= 0.6 is 11.3 Å². The summed E-state index contributed by atoms with van der Waals surface area (Å²) in [6.07, 6.45) is 2.42. The fraction of sp³-hybridized carbons (Fsp3) is 0.400. The molecule has 4 nitrogen and oxygen atoms in total. The van der Waals surface area contributed by atoms with Gasteiger partial charge in [-0.2, -0.15) is 5.10 Å². The summed E-state index contributed by atoms with van der Waals surface area (Å²) < 4.78 is 0.997. The molecule has 0 bridgehead atoms. The van der Waals surface area contributed by atoms with Crippen molar-refractivity contribution in [1.82, 2.24) is 10.2 Å². The number of carboxylic acids is 1. The van der Waals surface area contributed by atoms with E-state index in [1.54, 1.807) is 11.3 Å². The maximum absolute atomic E-state index is 11.3. The van der Waals surface area contributed by atoms with Crippen molar-refractivity contribution in [2.24, 2.45) is 0 Å². The maximum Gasteiger partial charge on any atom is 0.315 e. The van der Waals surface area contributed by atoms with E-state index >= 15 is 0 Å².